The number of anilines is 1. The lowest BCUT2D eigenvalue weighted by molar-refractivity contribution is 0.495. The van der Waals surface area contributed by atoms with Gasteiger partial charge in [-0.3, -0.25) is 0 Å². The second kappa shape index (κ2) is 5.84. The van der Waals surface area contributed by atoms with Crippen LogP contribution in [0, 0.1) is 6.92 Å². The van der Waals surface area contributed by atoms with Crippen LogP contribution in [-0.2, 0) is 6.42 Å². The van der Waals surface area contributed by atoms with Gasteiger partial charge in [-0.25, -0.2) is 4.98 Å². The van der Waals surface area contributed by atoms with Gasteiger partial charge in [-0.05, 0) is 26.2 Å². The van der Waals surface area contributed by atoms with E-state index >= 15 is 0 Å². The van der Waals surface area contributed by atoms with Gasteiger partial charge in [0.2, 0.25) is 0 Å². The number of piperidine rings is 1. The Morgan fingerprint density at radius 1 is 1.26 bits per heavy atom. The molecule has 0 saturated carbocycles. The molecule has 23 heavy (non-hydrogen) atoms. The Labute approximate surface area is 138 Å². The maximum Gasteiger partial charge on any atom is 0.254 e. The predicted octanol–water partition coefficient (Wildman–Crippen LogP) is 2.23. The van der Waals surface area contributed by atoms with E-state index in [1.807, 2.05) is 11.4 Å². The van der Waals surface area contributed by atoms with Gasteiger partial charge in [0, 0.05) is 30.8 Å². The van der Waals surface area contributed by atoms with Gasteiger partial charge in [-0.1, -0.05) is 6.92 Å². The second-order valence-electron chi connectivity index (χ2n) is 5.88. The third kappa shape index (κ3) is 2.67. The molecular formula is C15H19N7S. The monoisotopic (exact) mass is 329 g/mol. The highest BCUT2D eigenvalue weighted by molar-refractivity contribution is 7.11. The van der Waals surface area contributed by atoms with E-state index in [0.717, 1.165) is 48.9 Å². The first-order valence-electron chi connectivity index (χ1n) is 7.99. The zero-order valence-electron chi connectivity index (χ0n) is 13.3. The zero-order chi connectivity index (χ0) is 15.8. The summed E-state index contributed by atoms with van der Waals surface area (Å²) in [5, 5.41) is 15.3. The SMILES string of the molecule is CCc1nnc(C2CCN(c3cc(C)nc4ncnn34)CC2)s1. The fraction of sp³-hybridized carbons (Fsp3) is 0.533. The van der Waals surface area contributed by atoms with Gasteiger partial charge >= 0.3 is 0 Å². The smallest absolute Gasteiger partial charge is 0.254 e. The largest absolute Gasteiger partial charge is 0.356 e. The van der Waals surface area contributed by atoms with Gasteiger partial charge in [0.15, 0.2) is 0 Å². The molecule has 1 saturated heterocycles. The van der Waals surface area contributed by atoms with Gasteiger partial charge in [0.1, 0.15) is 22.2 Å². The number of nitrogens with zero attached hydrogens (tertiary/aromatic N) is 7. The van der Waals surface area contributed by atoms with Crippen molar-refractivity contribution in [3.8, 4) is 0 Å². The van der Waals surface area contributed by atoms with Crippen LogP contribution < -0.4 is 4.90 Å². The van der Waals surface area contributed by atoms with Crippen LogP contribution in [0.25, 0.3) is 5.78 Å². The summed E-state index contributed by atoms with van der Waals surface area (Å²) in [7, 11) is 0. The van der Waals surface area contributed by atoms with Crippen molar-refractivity contribution in [2.24, 2.45) is 0 Å². The fourth-order valence-corrected chi connectivity index (χ4v) is 4.02. The summed E-state index contributed by atoms with van der Waals surface area (Å²) in [6.07, 6.45) is 4.72. The van der Waals surface area contributed by atoms with Crippen molar-refractivity contribution in [2.45, 2.75) is 39.0 Å². The third-order valence-corrected chi connectivity index (χ3v) is 5.54. The normalized spacial score (nSPS) is 16.3. The summed E-state index contributed by atoms with van der Waals surface area (Å²) in [4.78, 5) is 11.0. The molecule has 0 unspecified atom stereocenters. The van der Waals surface area contributed by atoms with Crippen molar-refractivity contribution in [3.05, 3.63) is 28.1 Å². The number of rotatable bonds is 3. The van der Waals surface area contributed by atoms with Crippen molar-refractivity contribution in [1.29, 1.82) is 0 Å². The Kier molecular flexibility index (Phi) is 3.68. The number of hydrogen-bond acceptors (Lipinski definition) is 7. The average molecular weight is 329 g/mol. The first-order chi connectivity index (χ1) is 11.2. The fourth-order valence-electron chi connectivity index (χ4n) is 3.07. The summed E-state index contributed by atoms with van der Waals surface area (Å²) in [5.74, 6) is 2.27. The molecule has 0 radical (unpaired) electrons. The molecule has 0 spiro atoms. The minimum absolute atomic E-state index is 0.526. The molecule has 1 fully saturated rings. The maximum absolute atomic E-state index is 4.41. The van der Waals surface area contributed by atoms with Crippen LogP contribution in [0.5, 0.6) is 0 Å². The number of hydrogen-bond donors (Lipinski definition) is 0. The van der Waals surface area contributed by atoms with Gasteiger partial charge in [0.05, 0.1) is 0 Å². The van der Waals surface area contributed by atoms with Crippen LogP contribution in [0.4, 0.5) is 5.82 Å². The molecule has 0 bridgehead atoms. The molecule has 3 aromatic rings. The molecule has 3 aromatic heterocycles. The molecule has 1 aliphatic rings. The topological polar surface area (TPSA) is 72.1 Å². The van der Waals surface area contributed by atoms with Gasteiger partial charge in [0.25, 0.3) is 5.78 Å². The van der Waals surface area contributed by atoms with E-state index in [1.54, 1.807) is 17.7 Å². The van der Waals surface area contributed by atoms with Crippen LogP contribution in [0.15, 0.2) is 12.4 Å². The van der Waals surface area contributed by atoms with Gasteiger partial charge in [-0.2, -0.15) is 14.6 Å². The van der Waals surface area contributed by atoms with E-state index in [2.05, 4.69) is 43.2 Å². The molecule has 0 atom stereocenters. The summed E-state index contributed by atoms with van der Waals surface area (Å²) in [5.41, 5.74) is 0.972. The summed E-state index contributed by atoms with van der Waals surface area (Å²) in [6, 6.07) is 2.09. The average Bonchev–Trinajstić information content (AvgIpc) is 3.23. The number of aromatic nitrogens is 6. The Bertz CT molecular complexity index is 816. The van der Waals surface area contributed by atoms with E-state index in [1.165, 1.54) is 5.01 Å². The Hall–Kier alpha value is -2.09. The van der Waals surface area contributed by atoms with E-state index in [9.17, 15) is 0 Å². The minimum Gasteiger partial charge on any atom is -0.356 e. The van der Waals surface area contributed by atoms with Crippen LogP contribution >= 0.6 is 11.3 Å². The van der Waals surface area contributed by atoms with Crippen molar-refractivity contribution in [1.82, 2.24) is 29.8 Å². The quantitative estimate of drug-likeness (QED) is 0.734. The highest BCUT2D eigenvalue weighted by atomic mass is 32.1. The van der Waals surface area contributed by atoms with Crippen molar-refractivity contribution in [3.63, 3.8) is 0 Å². The molecular weight excluding hydrogens is 310 g/mol. The maximum atomic E-state index is 4.41. The molecule has 0 amide bonds. The van der Waals surface area contributed by atoms with E-state index < -0.39 is 0 Å². The van der Waals surface area contributed by atoms with E-state index in [-0.39, 0.29) is 0 Å². The molecule has 1 aliphatic heterocycles. The van der Waals surface area contributed by atoms with Crippen LogP contribution in [-0.4, -0.2) is 42.9 Å². The lowest BCUT2D eigenvalue weighted by atomic mass is 9.97. The minimum atomic E-state index is 0.526. The van der Waals surface area contributed by atoms with Crippen LogP contribution in [0.3, 0.4) is 0 Å². The summed E-state index contributed by atoms with van der Waals surface area (Å²) in [6.45, 7) is 6.11. The van der Waals surface area contributed by atoms with Gasteiger partial charge in [-0.15, -0.1) is 21.5 Å². The van der Waals surface area contributed by atoms with Crippen molar-refractivity contribution < 1.29 is 0 Å². The second-order valence-corrected chi connectivity index (χ2v) is 6.97. The molecule has 0 aliphatic carbocycles. The van der Waals surface area contributed by atoms with Crippen LogP contribution in [0.1, 0.15) is 41.4 Å². The first kappa shape index (κ1) is 14.5. The predicted molar refractivity (Wildman–Crippen MR) is 89.0 cm³/mol. The van der Waals surface area contributed by atoms with Crippen molar-refractivity contribution >= 4 is 22.9 Å². The summed E-state index contributed by atoms with van der Waals surface area (Å²) < 4.78 is 1.83. The zero-order valence-corrected chi connectivity index (χ0v) is 14.1. The highest BCUT2D eigenvalue weighted by Gasteiger charge is 2.25. The Morgan fingerprint density at radius 3 is 2.83 bits per heavy atom. The molecule has 7 nitrogen and oxygen atoms in total. The number of aryl methyl sites for hydroxylation is 2. The molecule has 120 valence electrons. The third-order valence-electron chi connectivity index (χ3n) is 4.31. The van der Waals surface area contributed by atoms with E-state index in [4.69, 9.17) is 0 Å². The molecule has 0 aromatic carbocycles. The highest BCUT2D eigenvalue weighted by Crippen LogP contribution is 2.32. The molecule has 0 N–H and O–H groups in total. The standard InChI is InChI=1S/C15H19N7S/c1-3-12-19-20-14(23-12)11-4-6-21(7-5-11)13-8-10(2)18-15-16-9-17-22(13)15/h8-9,11H,3-7H2,1-2H3. The summed E-state index contributed by atoms with van der Waals surface area (Å²) >= 11 is 1.76. The Morgan fingerprint density at radius 2 is 2.09 bits per heavy atom. The first-order valence-corrected chi connectivity index (χ1v) is 8.81. The molecule has 8 heteroatoms. The Balaban J connectivity index is 1.53. The molecule has 4 rings (SSSR count). The van der Waals surface area contributed by atoms with Crippen molar-refractivity contribution in [2.75, 3.05) is 18.0 Å². The van der Waals surface area contributed by atoms with Gasteiger partial charge < -0.3 is 4.90 Å². The van der Waals surface area contributed by atoms with E-state index in [0.29, 0.717) is 11.7 Å². The van der Waals surface area contributed by atoms with Crippen LogP contribution in [0.2, 0.25) is 0 Å². The number of fused-ring (bicyclic) bond motifs is 1. The lowest BCUT2D eigenvalue weighted by Gasteiger charge is -2.32. The lowest BCUT2D eigenvalue weighted by Crippen LogP contribution is -2.34. The molecule has 4 heterocycles.